The van der Waals surface area contributed by atoms with E-state index >= 15 is 0 Å². The van der Waals surface area contributed by atoms with Gasteiger partial charge in [0.25, 0.3) is 5.91 Å². The van der Waals surface area contributed by atoms with Crippen LogP contribution in [0.5, 0.6) is 5.75 Å². The van der Waals surface area contributed by atoms with Crippen molar-refractivity contribution in [2.45, 2.75) is 58.1 Å². The zero-order valence-corrected chi connectivity index (χ0v) is 17.4. The van der Waals surface area contributed by atoms with Gasteiger partial charge < -0.3 is 10.1 Å². The molecule has 0 spiro atoms. The quantitative estimate of drug-likeness (QED) is 0.631. The van der Waals surface area contributed by atoms with Crippen molar-refractivity contribution in [3.63, 3.8) is 0 Å². The number of amides is 1. The lowest BCUT2D eigenvalue weighted by Crippen LogP contribution is -2.24. The molecule has 2 heterocycles. The third kappa shape index (κ3) is 4.70. The Morgan fingerprint density at radius 1 is 1.13 bits per heavy atom. The van der Waals surface area contributed by atoms with Crippen LogP contribution in [0.3, 0.4) is 0 Å². The molecular formula is C24H28N4O2. The van der Waals surface area contributed by atoms with E-state index < -0.39 is 0 Å². The summed E-state index contributed by atoms with van der Waals surface area (Å²) in [5.74, 6) is 1.49. The van der Waals surface area contributed by atoms with Crippen LogP contribution in [-0.4, -0.2) is 26.8 Å². The highest BCUT2D eigenvalue weighted by Gasteiger charge is 2.18. The normalized spacial score (nSPS) is 14.4. The third-order valence-electron chi connectivity index (χ3n) is 5.55. The van der Waals surface area contributed by atoms with Crippen molar-refractivity contribution in [3.05, 3.63) is 71.7 Å². The van der Waals surface area contributed by atoms with E-state index in [0.29, 0.717) is 30.5 Å². The van der Waals surface area contributed by atoms with E-state index in [0.717, 1.165) is 29.8 Å². The maximum atomic E-state index is 12.8. The highest BCUT2D eigenvalue weighted by atomic mass is 16.5. The molecule has 0 aliphatic heterocycles. The van der Waals surface area contributed by atoms with Gasteiger partial charge in [0.15, 0.2) is 5.82 Å². The zero-order valence-electron chi connectivity index (χ0n) is 17.4. The fraction of sp³-hybridized carbons (Fsp3) is 0.375. The first-order chi connectivity index (χ1) is 14.7. The van der Waals surface area contributed by atoms with E-state index in [4.69, 9.17) is 4.74 Å². The molecule has 0 bridgehead atoms. The lowest BCUT2D eigenvalue weighted by atomic mass is 9.98. The molecule has 1 aliphatic rings. The number of nitrogens with zero attached hydrogens (tertiary/aromatic N) is 3. The van der Waals surface area contributed by atoms with Gasteiger partial charge in [0.1, 0.15) is 5.75 Å². The molecule has 0 saturated heterocycles. The molecule has 30 heavy (non-hydrogen) atoms. The van der Waals surface area contributed by atoms with Crippen molar-refractivity contribution in [3.8, 4) is 11.6 Å². The second-order valence-corrected chi connectivity index (χ2v) is 7.66. The molecule has 1 N–H and O–H groups in total. The summed E-state index contributed by atoms with van der Waals surface area (Å²) >= 11 is 0. The molecule has 2 aromatic heterocycles. The maximum Gasteiger partial charge on any atom is 0.255 e. The monoisotopic (exact) mass is 404 g/mol. The summed E-state index contributed by atoms with van der Waals surface area (Å²) in [6, 6.07) is 13.7. The number of hydrogen-bond donors (Lipinski definition) is 1. The number of rotatable bonds is 7. The van der Waals surface area contributed by atoms with E-state index in [1.807, 2.05) is 49.4 Å². The van der Waals surface area contributed by atoms with Crippen molar-refractivity contribution < 1.29 is 9.53 Å². The average molecular weight is 405 g/mol. The van der Waals surface area contributed by atoms with Crippen LogP contribution in [0.2, 0.25) is 0 Å². The summed E-state index contributed by atoms with van der Waals surface area (Å²) in [5, 5.41) is 7.38. The van der Waals surface area contributed by atoms with Crippen LogP contribution in [0.1, 0.15) is 60.6 Å². The van der Waals surface area contributed by atoms with Crippen LogP contribution >= 0.6 is 0 Å². The van der Waals surface area contributed by atoms with Gasteiger partial charge in [0, 0.05) is 12.7 Å². The number of hydrogen-bond acceptors (Lipinski definition) is 4. The van der Waals surface area contributed by atoms with Gasteiger partial charge in [-0.05, 0) is 61.9 Å². The summed E-state index contributed by atoms with van der Waals surface area (Å²) in [5.41, 5.74) is 2.47. The average Bonchev–Trinajstić information content (AvgIpc) is 3.24. The number of benzene rings is 1. The van der Waals surface area contributed by atoms with Crippen molar-refractivity contribution in [1.29, 1.82) is 0 Å². The fourth-order valence-corrected chi connectivity index (χ4v) is 3.92. The Morgan fingerprint density at radius 2 is 1.93 bits per heavy atom. The van der Waals surface area contributed by atoms with Gasteiger partial charge in [-0.25, -0.2) is 9.67 Å². The van der Waals surface area contributed by atoms with Gasteiger partial charge >= 0.3 is 0 Å². The minimum absolute atomic E-state index is 0.128. The second kappa shape index (κ2) is 9.57. The lowest BCUT2D eigenvalue weighted by Gasteiger charge is -2.23. The SMILES string of the molecule is CCc1c(C(=O)NCc2ccc(OC3CCCCC3)cc2)cnn1-c1ccccn1. The Balaban J connectivity index is 1.37. The molecule has 3 aromatic rings. The van der Waals surface area contributed by atoms with Crippen LogP contribution < -0.4 is 10.1 Å². The lowest BCUT2D eigenvalue weighted by molar-refractivity contribution is 0.0950. The van der Waals surface area contributed by atoms with E-state index in [2.05, 4.69) is 15.4 Å². The number of carbonyl (C=O) groups excluding carboxylic acids is 1. The molecular weight excluding hydrogens is 376 g/mol. The molecule has 0 unspecified atom stereocenters. The predicted octanol–water partition coefficient (Wildman–Crippen LogP) is 4.47. The number of carbonyl (C=O) groups is 1. The highest BCUT2D eigenvalue weighted by Crippen LogP contribution is 2.23. The highest BCUT2D eigenvalue weighted by molar-refractivity contribution is 5.95. The Labute approximate surface area is 177 Å². The molecule has 4 rings (SSSR count). The minimum atomic E-state index is -0.128. The Kier molecular flexibility index (Phi) is 6.42. The molecule has 6 nitrogen and oxygen atoms in total. The molecule has 0 atom stereocenters. The van der Waals surface area contributed by atoms with Gasteiger partial charge in [0.2, 0.25) is 0 Å². The van der Waals surface area contributed by atoms with Crippen LogP contribution in [-0.2, 0) is 13.0 Å². The van der Waals surface area contributed by atoms with Crippen LogP contribution in [0.15, 0.2) is 54.9 Å². The van der Waals surface area contributed by atoms with E-state index in [-0.39, 0.29) is 5.91 Å². The number of nitrogens with one attached hydrogen (secondary N) is 1. The topological polar surface area (TPSA) is 69.0 Å². The smallest absolute Gasteiger partial charge is 0.255 e. The Bertz CT molecular complexity index is 961. The molecule has 156 valence electrons. The predicted molar refractivity (Wildman–Crippen MR) is 116 cm³/mol. The van der Waals surface area contributed by atoms with Gasteiger partial charge in [-0.15, -0.1) is 0 Å². The van der Waals surface area contributed by atoms with Crippen molar-refractivity contribution >= 4 is 5.91 Å². The van der Waals surface area contributed by atoms with Gasteiger partial charge in [-0.2, -0.15) is 5.10 Å². The Morgan fingerprint density at radius 3 is 2.63 bits per heavy atom. The van der Waals surface area contributed by atoms with E-state index in [1.165, 1.54) is 19.3 Å². The number of ether oxygens (including phenoxy) is 1. The van der Waals surface area contributed by atoms with Crippen molar-refractivity contribution in [2.24, 2.45) is 0 Å². The summed E-state index contributed by atoms with van der Waals surface area (Å²) in [6.45, 7) is 2.47. The molecule has 1 fully saturated rings. The number of pyridine rings is 1. The van der Waals surface area contributed by atoms with Gasteiger partial charge in [-0.3, -0.25) is 4.79 Å². The summed E-state index contributed by atoms with van der Waals surface area (Å²) in [4.78, 5) is 17.1. The fourth-order valence-electron chi connectivity index (χ4n) is 3.92. The summed E-state index contributed by atoms with van der Waals surface area (Å²) < 4.78 is 7.80. The first-order valence-corrected chi connectivity index (χ1v) is 10.8. The molecule has 1 aromatic carbocycles. The Hall–Kier alpha value is -3.15. The molecule has 1 amide bonds. The van der Waals surface area contributed by atoms with Crippen molar-refractivity contribution in [2.75, 3.05) is 0 Å². The molecule has 6 heteroatoms. The maximum absolute atomic E-state index is 12.8. The third-order valence-corrected chi connectivity index (χ3v) is 5.55. The molecule has 1 saturated carbocycles. The molecule has 1 aliphatic carbocycles. The van der Waals surface area contributed by atoms with E-state index in [1.54, 1.807) is 17.1 Å². The van der Waals surface area contributed by atoms with E-state index in [9.17, 15) is 4.79 Å². The first-order valence-electron chi connectivity index (χ1n) is 10.8. The van der Waals surface area contributed by atoms with Crippen LogP contribution in [0.4, 0.5) is 0 Å². The molecule has 0 radical (unpaired) electrons. The minimum Gasteiger partial charge on any atom is -0.490 e. The largest absolute Gasteiger partial charge is 0.490 e. The standard InChI is InChI=1S/C24H28N4O2/c1-2-22-21(17-27-28(22)23-10-6-7-15-25-23)24(29)26-16-18-11-13-20(14-12-18)30-19-8-4-3-5-9-19/h6-7,10-15,17,19H,2-5,8-9,16H2,1H3,(H,26,29). The first kappa shape index (κ1) is 20.1. The summed E-state index contributed by atoms with van der Waals surface area (Å²) in [6.07, 6.45) is 10.5. The van der Waals surface area contributed by atoms with Crippen LogP contribution in [0.25, 0.3) is 5.82 Å². The van der Waals surface area contributed by atoms with Gasteiger partial charge in [0.05, 0.1) is 23.6 Å². The van der Waals surface area contributed by atoms with Crippen molar-refractivity contribution in [1.82, 2.24) is 20.1 Å². The van der Waals surface area contributed by atoms with Crippen LogP contribution in [0, 0.1) is 0 Å². The number of aromatic nitrogens is 3. The van der Waals surface area contributed by atoms with Gasteiger partial charge in [-0.1, -0.05) is 31.5 Å². The zero-order chi connectivity index (χ0) is 20.8. The summed E-state index contributed by atoms with van der Waals surface area (Å²) in [7, 11) is 0. The second-order valence-electron chi connectivity index (χ2n) is 7.66.